The summed E-state index contributed by atoms with van der Waals surface area (Å²) in [7, 11) is 0. The number of aldehydes is 1. The lowest BCUT2D eigenvalue weighted by atomic mass is 9.95. The summed E-state index contributed by atoms with van der Waals surface area (Å²) in [6.07, 6.45) is 3.10. The summed E-state index contributed by atoms with van der Waals surface area (Å²) >= 11 is 11.7. The van der Waals surface area contributed by atoms with Gasteiger partial charge in [-0.05, 0) is 29.8 Å². The van der Waals surface area contributed by atoms with Crippen LogP contribution in [0.5, 0.6) is 0 Å². The van der Waals surface area contributed by atoms with E-state index in [1.54, 1.807) is 30.5 Å². The molecule has 0 N–H and O–H groups in total. The number of halogens is 2. The zero-order valence-corrected chi connectivity index (χ0v) is 11.0. The maximum absolute atomic E-state index is 11.2. The van der Waals surface area contributed by atoms with Crippen molar-refractivity contribution >= 4 is 29.5 Å². The average Bonchev–Trinajstić information content (AvgIpc) is 2.37. The molecule has 1 atom stereocenters. The van der Waals surface area contributed by atoms with Gasteiger partial charge in [0.15, 0.2) is 0 Å². The fourth-order valence-corrected chi connectivity index (χ4v) is 2.05. The number of carbonyl (C=O) groups is 1. The first kappa shape index (κ1) is 13.1. The Morgan fingerprint density at radius 2 is 1.83 bits per heavy atom. The lowest BCUT2D eigenvalue weighted by Gasteiger charge is -2.10. The zero-order chi connectivity index (χ0) is 13.0. The summed E-state index contributed by atoms with van der Waals surface area (Å²) in [5, 5.41) is 1.28. The van der Waals surface area contributed by atoms with E-state index in [1.807, 2.05) is 12.1 Å². The van der Waals surface area contributed by atoms with E-state index in [1.165, 1.54) is 0 Å². The van der Waals surface area contributed by atoms with Gasteiger partial charge < -0.3 is 4.79 Å². The topological polar surface area (TPSA) is 30.0 Å². The van der Waals surface area contributed by atoms with Crippen molar-refractivity contribution in [1.82, 2.24) is 4.98 Å². The van der Waals surface area contributed by atoms with Gasteiger partial charge in [-0.3, -0.25) is 4.98 Å². The largest absolute Gasteiger partial charge is 0.303 e. The first-order valence-electron chi connectivity index (χ1n) is 5.50. The summed E-state index contributed by atoms with van der Waals surface area (Å²) in [4.78, 5) is 15.4. The monoisotopic (exact) mass is 279 g/mol. The van der Waals surface area contributed by atoms with E-state index >= 15 is 0 Å². The predicted molar refractivity (Wildman–Crippen MR) is 73.2 cm³/mol. The molecule has 0 saturated carbocycles. The van der Waals surface area contributed by atoms with E-state index in [0.717, 1.165) is 17.5 Å². The molecule has 0 spiro atoms. The normalized spacial score (nSPS) is 12.1. The standard InChI is InChI=1S/C14H11Cl2NO/c15-12-3-1-10(2-4-12)11(9-18)7-14-8-13(16)5-6-17-14/h1-6,8-9,11H,7H2. The molecule has 2 nitrogen and oxygen atoms in total. The van der Waals surface area contributed by atoms with Crippen molar-refractivity contribution < 1.29 is 4.79 Å². The summed E-state index contributed by atoms with van der Waals surface area (Å²) in [5.74, 6) is -0.228. The van der Waals surface area contributed by atoms with Gasteiger partial charge in [0.1, 0.15) is 6.29 Å². The van der Waals surface area contributed by atoms with Crippen LogP contribution in [0.3, 0.4) is 0 Å². The third-order valence-corrected chi connectivity index (χ3v) is 3.16. The zero-order valence-electron chi connectivity index (χ0n) is 9.51. The number of hydrogen-bond acceptors (Lipinski definition) is 2. The molecule has 2 aromatic rings. The van der Waals surface area contributed by atoms with Gasteiger partial charge >= 0.3 is 0 Å². The van der Waals surface area contributed by atoms with Crippen LogP contribution in [0.25, 0.3) is 0 Å². The number of pyridine rings is 1. The number of aromatic nitrogens is 1. The van der Waals surface area contributed by atoms with Crippen molar-refractivity contribution in [3.05, 3.63) is 63.9 Å². The first-order valence-corrected chi connectivity index (χ1v) is 6.26. The number of nitrogens with zero attached hydrogens (tertiary/aromatic N) is 1. The molecule has 0 aliphatic heterocycles. The van der Waals surface area contributed by atoms with Crippen LogP contribution in [0.1, 0.15) is 17.2 Å². The molecule has 2 rings (SSSR count). The molecule has 0 amide bonds. The van der Waals surface area contributed by atoms with E-state index in [0.29, 0.717) is 16.5 Å². The third kappa shape index (κ3) is 3.31. The smallest absolute Gasteiger partial charge is 0.127 e. The van der Waals surface area contributed by atoms with E-state index in [9.17, 15) is 4.79 Å². The molecule has 1 unspecified atom stereocenters. The van der Waals surface area contributed by atoms with Crippen molar-refractivity contribution in [2.45, 2.75) is 12.3 Å². The molecule has 0 saturated heterocycles. The molecule has 0 fully saturated rings. The number of carbonyl (C=O) groups excluding carboxylic acids is 1. The van der Waals surface area contributed by atoms with Gasteiger partial charge in [0.25, 0.3) is 0 Å². The van der Waals surface area contributed by atoms with Crippen LogP contribution < -0.4 is 0 Å². The van der Waals surface area contributed by atoms with Crippen LogP contribution >= 0.6 is 23.2 Å². The Bertz CT molecular complexity index is 540. The Hall–Kier alpha value is -1.38. The van der Waals surface area contributed by atoms with Crippen LogP contribution in [-0.4, -0.2) is 11.3 Å². The van der Waals surface area contributed by atoms with Crippen molar-refractivity contribution in [3.8, 4) is 0 Å². The van der Waals surface area contributed by atoms with Crippen molar-refractivity contribution in [1.29, 1.82) is 0 Å². The minimum absolute atomic E-state index is 0.228. The lowest BCUT2D eigenvalue weighted by Crippen LogP contribution is -2.05. The quantitative estimate of drug-likeness (QED) is 0.795. The molecule has 0 radical (unpaired) electrons. The highest BCUT2D eigenvalue weighted by Crippen LogP contribution is 2.21. The Kier molecular flexibility index (Phi) is 4.34. The molecule has 0 bridgehead atoms. The van der Waals surface area contributed by atoms with Gasteiger partial charge in [-0.15, -0.1) is 0 Å². The second-order valence-electron chi connectivity index (χ2n) is 3.96. The second kappa shape index (κ2) is 5.98. The highest BCUT2D eigenvalue weighted by atomic mass is 35.5. The van der Waals surface area contributed by atoms with Gasteiger partial charge in [-0.1, -0.05) is 35.3 Å². The summed E-state index contributed by atoms with van der Waals surface area (Å²) in [6.45, 7) is 0. The Morgan fingerprint density at radius 1 is 1.11 bits per heavy atom. The molecule has 1 heterocycles. The Balaban J connectivity index is 2.19. The van der Waals surface area contributed by atoms with Crippen LogP contribution in [0.2, 0.25) is 10.0 Å². The maximum atomic E-state index is 11.2. The van der Waals surface area contributed by atoms with Crippen LogP contribution in [0, 0.1) is 0 Å². The number of hydrogen-bond donors (Lipinski definition) is 0. The van der Waals surface area contributed by atoms with Gasteiger partial charge in [0, 0.05) is 34.3 Å². The number of benzene rings is 1. The molecule has 18 heavy (non-hydrogen) atoms. The average molecular weight is 280 g/mol. The highest BCUT2D eigenvalue weighted by molar-refractivity contribution is 6.30. The van der Waals surface area contributed by atoms with Crippen LogP contribution in [-0.2, 0) is 11.2 Å². The van der Waals surface area contributed by atoms with E-state index < -0.39 is 0 Å². The van der Waals surface area contributed by atoms with Gasteiger partial charge in [0.2, 0.25) is 0 Å². The van der Waals surface area contributed by atoms with Crippen LogP contribution in [0.4, 0.5) is 0 Å². The molecular formula is C14H11Cl2NO. The van der Waals surface area contributed by atoms with Gasteiger partial charge in [0.05, 0.1) is 0 Å². The molecular weight excluding hydrogens is 269 g/mol. The van der Waals surface area contributed by atoms with E-state index in [-0.39, 0.29) is 5.92 Å². The summed E-state index contributed by atoms with van der Waals surface area (Å²) < 4.78 is 0. The highest BCUT2D eigenvalue weighted by Gasteiger charge is 2.12. The molecule has 4 heteroatoms. The van der Waals surface area contributed by atoms with Gasteiger partial charge in [-0.25, -0.2) is 0 Å². The second-order valence-corrected chi connectivity index (χ2v) is 4.84. The van der Waals surface area contributed by atoms with E-state index in [2.05, 4.69) is 4.98 Å². The minimum atomic E-state index is -0.228. The molecule has 1 aromatic carbocycles. The first-order chi connectivity index (χ1) is 8.69. The summed E-state index contributed by atoms with van der Waals surface area (Å²) in [5.41, 5.74) is 1.73. The maximum Gasteiger partial charge on any atom is 0.127 e. The molecule has 0 aliphatic rings. The minimum Gasteiger partial charge on any atom is -0.303 e. The Labute approximate surface area is 116 Å². The van der Waals surface area contributed by atoms with Crippen LogP contribution in [0.15, 0.2) is 42.6 Å². The molecule has 1 aromatic heterocycles. The van der Waals surface area contributed by atoms with E-state index in [4.69, 9.17) is 23.2 Å². The number of rotatable bonds is 4. The van der Waals surface area contributed by atoms with Gasteiger partial charge in [-0.2, -0.15) is 0 Å². The molecule has 92 valence electrons. The van der Waals surface area contributed by atoms with Crippen molar-refractivity contribution in [3.63, 3.8) is 0 Å². The fraction of sp³-hybridized carbons (Fsp3) is 0.143. The summed E-state index contributed by atoms with van der Waals surface area (Å²) in [6, 6.07) is 10.7. The fourth-order valence-electron chi connectivity index (χ4n) is 1.74. The third-order valence-electron chi connectivity index (χ3n) is 2.67. The van der Waals surface area contributed by atoms with Crippen molar-refractivity contribution in [2.24, 2.45) is 0 Å². The lowest BCUT2D eigenvalue weighted by molar-refractivity contribution is -0.109. The van der Waals surface area contributed by atoms with Crippen molar-refractivity contribution in [2.75, 3.05) is 0 Å². The predicted octanol–water partition coefficient (Wildman–Crippen LogP) is 3.91. The molecule has 0 aliphatic carbocycles. The SMILES string of the molecule is O=CC(Cc1cc(Cl)ccn1)c1ccc(Cl)cc1. The Morgan fingerprint density at radius 3 is 2.44 bits per heavy atom.